The van der Waals surface area contributed by atoms with E-state index in [0.717, 1.165) is 28.1 Å². The fourth-order valence-electron chi connectivity index (χ4n) is 4.76. The van der Waals surface area contributed by atoms with Crippen LogP contribution in [0.2, 0.25) is 0 Å². The third-order valence-corrected chi connectivity index (χ3v) is 9.27. The highest BCUT2D eigenvalue weighted by Crippen LogP contribution is 2.30. The van der Waals surface area contributed by atoms with Gasteiger partial charge in [-0.3, -0.25) is 4.79 Å². The van der Waals surface area contributed by atoms with Gasteiger partial charge in [-0.25, -0.2) is 13.4 Å². The molecule has 9 nitrogen and oxygen atoms in total. The van der Waals surface area contributed by atoms with Gasteiger partial charge in [-0.2, -0.15) is 14.1 Å². The largest absolute Gasteiger partial charge is 0.497 e. The zero-order valence-electron chi connectivity index (χ0n) is 21.1. The molecule has 3 heterocycles. The molecule has 2 aromatic heterocycles. The summed E-state index contributed by atoms with van der Waals surface area (Å²) in [6, 6.07) is 13.5. The van der Waals surface area contributed by atoms with Crippen LogP contribution in [0.5, 0.6) is 5.75 Å². The summed E-state index contributed by atoms with van der Waals surface area (Å²) in [5.41, 5.74) is 1.87. The van der Waals surface area contributed by atoms with Gasteiger partial charge in [0.1, 0.15) is 11.6 Å². The average Bonchev–Trinajstić information content (AvgIpc) is 3.45. The topological polar surface area (TPSA) is 106 Å². The Bertz CT molecular complexity index is 1550. The zero-order chi connectivity index (χ0) is 26.3. The minimum Gasteiger partial charge on any atom is -0.497 e. The van der Waals surface area contributed by atoms with Gasteiger partial charge in [0.25, 0.3) is 5.91 Å². The lowest BCUT2D eigenvalue weighted by Gasteiger charge is -2.34. The molecule has 0 saturated carbocycles. The van der Waals surface area contributed by atoms with Gasteiger partial charge in [0, 0.05) is 24.7 Å². The predicted octanol–water partition coefficient (Wildman–Crippen LogP) is 4.72. The Labute approximate surface area is 220 Å². The molecule has 0 bridgehead atoms. The molecule has 1 amide bonds. The molecule has 37 heavy (non-hydrogen) atoms. The average molecular weight is 540 g/mol. The number of aromatic nitrogens is 3. The quantitative estimate of drug-likeness (QED) is 0.380. The number of carbonyl (C=O) groups excluding carboxylic acids is 1. The zero-order valence-corrected chi connectivity index (χ0v) is 22.8. The van der Waals surface area contributed by atoms with Crippen molar-refractivity contribution in [1.82, 2.24) is 19.1 Å². The number of rotatable bonds is 6. The van der Waals surface area contributed by atoms with Crippen LogP contribution >= 0.6 is 11.3 Å². The first-order chi connectivity index (χ1) is 17.6. The number of piperidine rings is 1. The minimum absolute atomic E-state index is 0.191. The Morgan fingerprint density at radius 1 is 1.08 bits per heavy atom. The summed E-state index contributed by atoms with van der Waals surface area (Å²) in [7, 11) is -2.00. The molecule has 194 valence electrons. The smallest absolute Gasteiger partial charge is 0.256 e. The summed E-state index contributed by atoms with van der Waals surface area (Å²) in [5.74, 6) is 1.47. The van der Waals surface area contributed by atoms with E-state index in [0.29, 0.717) is 41.4 Å². The second-order valence-corrected chi connectivity index (χ2v) is 12.6. The normalized spacial score (nSPS) is 18.7. The molecule has 0 spiro atoms. The summed E-state index contributed by atoms with van der Waals surface area (Å²) in [4.78, 5) is 17.9. The second-order valence-electron chi connectivity index (χ2n) is 9.66. The van der Waals surface area contributed by atoms with Gasteiger partial charge in [0.2, 0.25) is 15.2 Å². The molecular weight excluding hydrogens is 510 g/mol. The Morgan fingerprint density at radius 2 is 1.78 bits per heavy atom. The lowest BCUT2D eigenvalue weighted by molar-refractivity contribution is 0.102. The number of aryl methyl sites for hydroxylation is 1. The highest BCUT2D eigenvalue weighted by molar-refractivity contribution is 7.89. The maximum Gasteiger partial charge on any atom is 0.256 e. The van der Waals surface area contributed by atoms with Crippen molar-refractivity contribution in [2.75, 3.05) is 25.5 Å². The van der Waals surface area contributed by atoms with Gasteiger partial charge < -0.3 is 10.1 Å². The van der Waals surface area contributed by atoms with Crippen LogP contribution in [0.4, 0.5) is 5.82 Å². The molecule has 0 radical (unpaired) electrons. The third-order valence-electron chi connectivity index (χ3n) is 6.43. The number of thiazole rings is 1. The molecule has 2 aromatic carbocycles. The number of sulfonamides is 1. The Balaban J connectivity index is 1.36. The number of nitrogens with zero attached hydrogens (tertiary/aromatic N) is 4. The van der Waals surface area contributed by atoms with Crippen LogP contribution in [0.1, 0.15) is 36.3 Å². The van der Waals surface area contributed by atoms with Crippen molar-refractivity contribution in [2.24, 2.45) is 11.8 Å². The molecular formula is C26H29N5O4S2. The first-order valence-electron chi connectivity index (χ1n) is 12.1. The van der Waals surface area contributed by atoms with Crippen LogP contribution in [-0.4, -0.2) is 53.6 Å². The molecule has 1 saturated heterocycles. The second kappa shape index (κ2) is 9.88. The maximum absolute atomic E-state index is 13.2. The molecule has 11 heteroatoms. The van der Waals surface area contributed by atoms with E-state index in [2.05, 4.69) is 29.2 Å². The van der Waals surface area contributed by atoms with Gasteiger partial charge in [0.15, 0.2) is 0 Å². The third kappa shape index (κ3) is 5.11. The highest BCUT2D eigenvalue weighted by Gasteiger charge is 2.31. The fraction of sp³-hybridized carbons (Fsp3) is 0.346. The van der Waals surface area contributed by atoms with E-state index in [9.17, 15) is 13.2 Å². The van der Waals surface area contributed by atoms with Crippen molar-refractivity contribution >= 4 is 43.3 Å². The summed E-state index contributed by atoms with van der Waals surface area (Å²) >= 11 is 1.44. The fourth-order valence-corrected chi connectivity index (χ4v) is 7.40. The minimum atomic E-state index is -3.61. The first kappa shape index (κ1) is 25.4. The van der Waals surface area contributed by atoms with Crippen molar-refractivity contribution in [3.8, 4) is 10.9 Å². The van der Waals surface area contributed by atoms with E-state index >= 15 is 0 Å². The Hall–Kier alpha value is -3.28. The number of nitrogens with one attached hydrogen (secondary N) is 1. The van der Waals surface area contributed by atoms with Crippen molar-refractivity contribution in [2.45, 2.75) is 32.1 Å². The number of amides is 1. The van der Waals surface area contributed by atoms with E-state index in [-0.39, 0.29) is 10.8 Å². The molecule has 1 aliphatic heterocycles. The SMILES string of the molecule is COc1ccc2nc(-n3nc(C)cc3NC(=O)c3ccc(S(=O)(=O)N4CC(C)CC(C)C4)cc3)sc2c1. The van der Waals surface area contributed by atoms with Gasteiger partial charge in [-0.05, 0) is 67.6 Å². The lowest BCUT2D eigenvalue weighted by Crippen LogP contribution is -2.42. The van der Waals surface area contributed by atoms with Gasteiger partial charge in [-0.1, -0.05) is 25.2 Å². The molecule has 0 aliphatic carbocycles. The van der Waals surface area contributed by atoms with Crippen molar-refractivity contribution in [3.63, 3.8) is 0 Å². The van der Waals surface area contributed by atoms with Crippen molar-refractivity contribution < 1.29 is 17.9 Å². The van der Waals surface area contributed by atoms with Crippen LogP contribution < -0.4 is 10.1 Å². The van der Waals surface area contributed by atoms with Crippen LogP contribution in [0.15, 0.2) is 53.4 Å². The van der Waals surface area contributed by atoms with Crippen molar-refractivity contribution in [3.05, 3.63) is 59.8 Å². The van der Waals surface area contributed by atoms with E-state index in [4.69, 9.17) is 4.74 Å². The number of ether oxygens (including phenoxy) is 1. The van der Waals surface area contributed by atoms with Crippen LogP contribution in [0, 0.1) is 18.8 Å². The maximum atomic E-state index is 13.2. The van der Waals surface area contributed by atoms with Gasteiger partial charge in [0.05, 0.1) is 27.9 Å². The summed E-state index contributed by atoms with van der Waals surface area (Å²) in [6.45, 7) is 7.00. The van der Waals surface area contributed by atoms with Crippen molar-refractivity contribution in [1.29, 1.82) is 0 Å². The van der Waals surface area contributed by atoms with E-state index in [1.54, 1.807) is 22.2 Å². The lowest BCUT2D eigenvalue weighted by atomic mass is 9.94. The number of carbonyl (C=O) groups is 1. The number of fused-ring (bicyclic) bond motifs is 1. The molecule has 1 aliphatic rings. The standard InChI is InChI=1S/C26H29N5O4S2/c1-16-11-17(2)15-30(14-16)37(33,34)21-8-5-19(6-9-21)25(32)28-24-12-18(3)29-31(24)26-27-22-10-7-20(35-4)13-23(22)36-26/h5-10,12-13,16-17H,11,14-15H2,1-4H3,(H,28,32). The summed E-state index contributed by atoms with van der Waals surface area (Å²) in [6.07, 6.45) is 1.02. The molecule has 2 unspecified atom stereocenters. The molecule has 2 atom stereocenters. The molecule has 1 fully saturated rings. The van der Waals surface area contributed by atoms with E-state index in [1.807, 2.05) is 25.1 Å². The summed E-state index contributed by atoms with van der Waals surface area (Å²) < 4.78 is 35.7. The van der Waals surface area contributed by atoms with Crippen LogP contribution in [-0.2, 0) is 10.0 Å². The first-order valence-corrected chi connectivity index (χ1v) is 14.3. The van der Waals surface area contributed by atoms with Crippen LogP contribution in [0.25, 0.3) is 15.3 Å². The van der Waals surface area contributed by atoms with Crippen LogP contribution in [0.3, 0.4) is 0 Å². The predicted molar refractivity (Wildman–Crippen MR) is 144 cm³/mol. The highest BCUT2D eigenvalue weighted by atomic mass is 32.2. The Morgan fingerprint density at radius 3 is 2.46 bits per heavy atom. The molecule has 1 N–H and O–H groups in total. The summed E-state index contributed by atoms with van der Waals surface area (Å²) in [5, 5.41) is 8.01. The van der Waals surface area contributed by atoms with Gasteiger partial charge in [-0.15, -0.1) is 0 Å². The number of methoxy groups -OCH3 is 1. The number of anilines is 1. The number of hydrogen-bond donors (Lipinski definition) is 1. The Kier molecular flexibility index (Phi) is 6.78. The molecule has 4 aromatic rings. The monoisotopic (exact) mass is 539 g/mol. The number of hydrogen-bond acceptors (Lipinski definition) is 7. The number of benzene rings is 2. The van der Waals surface area contributed by atoms with E-state index in [1.165, 1.54) is 35.6 Å². The van der Waals surface area contributed by atoms with E-state index < -0.39 is 10.0 Å². The van der Waals surface area contributed by atoms with Gasteiger partial charge >= 0.3 is 0 Å². The molecule has 5 rings (SSSR count).